The van der Waals surface area contributed by atoms with E-state index in [1.54, 1.807) is 6.33 Å². The lowest BCUT2D eigenvalue weighted by atomic mass is 10.0. The summed E-state index contributed by atoms with van der Waals surface area (Å²) >= 11 is 0. The molecule has 1 aliphatic heterocycles. The van der Waals surface area contributed by atoms with Crippen LogP contribution < -0.4 is 9.64 Å². The summed E-state index contributed by atoms with van der Waals surface area (Å²) in [5.74, 6) is 2.40. The number of nitrogens with zero attached hydrogens (tertiary/aromatic N) is 3. The van der Waals surface area contributed by atoms with Gasteiger partial charge in [-0.1, -0.05) is 36.4 Å². The van der Waals surface area contributed by atoms with Crippen molar-refractivity contribution in [3.63, 3.8) is 0 Å². The number of para-hydroxylation sites is 2. The minimum Gasteiger partial charge on any atom is -0.438 e. The zero-order valence-corrected chi connectivity index (χ0v) is 12.2. The zero-order chi connectivity index (χ0) is 14.9. The van der Waals surface area contributed by atoms with E-state index in [0.29, 0.717) is 5.88 Å². The second kappa shape index (κ2) is 5.15. The molecule has 0 fully saturated rings. The summed E-state index contributed by atoms with van der Waals surface area (Å²) in [6.45, 7) is 0. The maximum Gasteiger partial charge on any atom is 0.228 e. The molecule has 2 aromatic carbocycles. The van der Waals surface area contributed by atoms with Crippen molar-refractivity contribution in [1.82, 2.24) is 9.97 Å². The molecule has 2 heterocycles. The van der Waals surface area contributed by atoms with Crippen LogP contribution in [-0.2, 0) is 6.42 Å². The second-order valence-electron chi connectivity index (χ2n) is 5.26. The number of hydrogen-bond donors (Lipinski definition) is 0. The Labute approximate surface area is 129 Å². The number of ether oxygens (including phenoxy) is 1. The molecule has 0 N–H and O–H groups in total. The van der Waals surface area contributed by atoms with Crippen LogP contribution in [0.4, 0.5) is 11.5 Å². The molecule has 0 spiro atoms. The normalized spacial score (nSPS) is 12.0. The lowest BCUT2D eigenvalue weighted by molar-refractivity contribution is 0.439. The SMILES string of the molecule is CN(c1ccccc1)c1ncnc2c1Cc1ccccc1O2. The average Bonchev–Trinajstić information content (AvgIpc) is 2.59. The van der Waals surface area contributed by atoms with Crippen LogP contribution in [-0.4, -0.2) is 17.0 Å². The van der Waals surface area contributed by atoms with Gasteiger partial charge in [0.2, 0.25) is 5.88 Å². The minimum absolute atomic E-state index is 0.645. The summed E-state index contributed by atoms with van der Waals surface area (Å²) in [5.41, 5.74) is 3.27. The first-order valence-electron chi connectivity index (χ1n) is 7.21. The Morgan fingerprint density at radius 1 is 0.955 bits per heavy atom. The van der Waals surface area contributed by atoms with Crippen LogP contribution in [0.3, 0.4) is 0 Å². The van der Waals surface area contributed by atoms with E-state index in [4.69, 9.17) is 4.74 Å². The van der Waals surface area contributed by atoms with Gasteiger partial charge >= 0.3 is 0 Å². The van der Waals surface area contributed by atoms with Gasteiger partial charge in [-0.15, -0.1) is 0 Å². The summed E-state index contributed by atoms with van der Waals surface area (Å²) in [6, 6.07) is 18.2. The van der Waals surface area contributed by atoms with Gasteiger partial charge in [-0.25, -0.2) is 9.97 Å². The van der Waals surface area contributed by atoms with Gasteiger partial charge in [0.15, 0.2) is 0 Å². The highest BCUT2D eigenvalue weighted by Gasteiger charge is 2.23. The van der Waals surface area contributed by atoms with E-state index < -0.39 is 0 Å². The lowest BCUT2D eigenvalue weighted by Gasteiger charge is -2.25. The molecule has 4 heteroatoms. The fraction of sp³-hybridized carbons (Fsp3) is 0.111. The molecule has 3 aromatic rings. The van der Waals surface area contributed by atoms with Gasteiger partial charge < -0.3 is 9.64 Å². The molecule has 0 atom stereocenters. The Hall–Kier alpha value is -2.88. The van der Waals surface area contributed by atoms with Crippen LogP contribution in [0, 0.1) is 0 Å². The molecule has 0 saturated carbocycles. The van der Waals surface area contributed by atoms with E-state index >= 15 is 0 Å². The molecule has 0 unspecified atom stereocenters. The molecule has 4 rings (SSSR count). The third kappa shape index (κ3) is 2.09. The molecule has 0 radical (unpaired) electrons. The van der Waals surface area contributed by atoms with Crippen molar-refractivity contribution in [2.45, 2.75) is 6.42 Å². The third-order valence-corrected chi connectivity index (χ3v) is 3.89. The largest absolute Gasteiger partial charge is 0.438 e. The van der Waals surface area contributed by atoms with Crippen LogP contribution in [0.5, 0.6) is 11.6 Å². The second-order valence-corrected chi connectivity index (χ2v) is 5.26. The van der Waals surface area contributed by atoms with E-state index in [1.165, 1.54) is 0 Å². The van der Waals surface area contributed by atoms with Gasteiger partial charge in [0.25, 0.3) is 0 Å². The smallest absolute Gasteiger partial charge is 0.228 e. The van der Waals surface area contributed by atoms with Gasteiger partial charge in [-0.2, -0.15) is 0 Å². The summed E-state index contributed by atoms with van der Waals surface area (Å²) in [6.07, 6.45) is 2.33. The Morgan fingerprint density at radius 3 is 2.59 bits per heavy atom. The molecular weight excluding hydrogens is 274 g/mol. The molecular formula is C18H15N3O. The number of benzene rings is 2. The Morgan fingerprint density at radius 2 is 1.73 bits per heavy atom. The average molecular weight is 289 g/mol. The van der Waals surface area contributed by atoms with Crippen molar-refractivity contribution in [3.05, 3.63) is 72.1 Å². The van der Waals surface area contributed by atoms with E-state index in [2.05, 4.69) is 33.1 Å². The molecule has 108 valence electrons. The van der Waals surface area contributed by atoms with Crippen molar-refractivity contribution in [3.8, 4) is 11.6 Å². The lowest BCUT2D eigenvalue weighted by Crippen LogP contribution is -2.16. The fourth-order valence-electron chi connectivity index (χ4n) is 2.74. The van der Waals surface area contributed by atoms with Crippen LogP contribution >= 0.6 is 0 Å². The topological polar surface area (TPSA) is 38.2 Å². The van der Waals surface area contributed by atoms with Gasteiger partial charge in [-0.05, 0) is 23.8 Å². The maximum atomic E-state index is 5.93. The highest BCUT2D eigenvalue weighted by molar-refractivity contribution is 5.65. The fourth-order valence-corrected chi connectivity index (χ4v) is 2.74. The number of anilines is 2. The molecule has 1 aromatic heterocycles. The molecule has 0 bridgehead atoms. The van der Waals surface area contributed by atoms with Gasteiger partial charge in [0, 0.05) is 19.2 Å². The summed E-state index contributed by atoms with van der Waals surface area (Å²) < 4.78 is 5.93. The monoisotopic (exact) mass is 289 g/mol. The predicted molar refractivity (Wildman–Crippen MR) is 85.9 cm³/mol. The standard InChI is InChI=1S/C18H15N3O/c1-21(14-8-3-2-4-9-14)17-15-11-13-7-5-6-10-16(13)22-18(15)20-12-19-17/h2-10,12H,11H2,1H3. The van der Waals surface area contributed by atoms with Crippen LogP contribution in [0.2, 0.25) is 0 Å². The van der Waals surface area contributed by atoms with Gasteiger partial charge in [0.1, 0.15) is 17.9 Å². The zero-order valence-electron chi connectivity index (χ0n) is 12.2. The van der Waals surface area contributed by atoms with Gasteiger partial charge in [0.05, 0.1) is 5.56 Å². The van der Waals surface area contributed by atoms with Crippen molar-refractivity contribution < 1.29 is 4.74 Å². The van der Waals surface area contributed by atoms with Crippen molar-refractivity contribution in [2.24, 2.45) is 0 Å². The molecule has 0 amide bonds. The van der Waals surface area contributed by atoms with Crippen molar-refractivity contribution >= 4 is 11.5 Å². The number of rotatable bonds is 2. The van der Waals surface area contributed by atoms with Crippen molar-refractivity contribution in [1.29, 1.82) is 0 Å². The Kier molecular flexibility index (Phi) is 3.00. The van der Waals surface area contributed by atoms with Gasteiger partial charge in [-0.3, -0.25) is 0 Å². The molecule has 0 aliphatic carbocycles. The quantitative estimate of drug-likeness (QED) is 0.560. The van der Waals surface area contributed by atoms with Crippen LogP contribution in [0.25, 0.3) is 0 Å². The maximum absolute atomic E-state index is 5.93. The summed E-state index contributed by atoms with van der Waals surface area (Å²) in [7, 11) is 2.01. The number of hydrogen-bond acceptors (Lipinski definition) is 4. The minimum atomic E-state index is 0.645. The van der Waals surface area contributed by atoms with E-state index in [1.807, 2.05) is 43.4 Å². The summed E-state index contributed by atoms with van der Waals surface area (Å²) in [4.78, 5) is 10.8. The third-order valence-electron chi connectivity index (χ3n) is 3.89. The van der Waals surface area contributed by atoms with E-state index in [9.17, 15) is 0 Å². The molecule has 22 heavy (non-hydrogen) atoms. The predicted octanol–water partition coefficient (Wildman–Crippen LogP) is 3.94. The molecule has 0 saturated heterocycles. The molecule has 1 aliphatic rings. The van der Waals surface area contributed by atoms with Crippen LogP contribution in [0.1, 0.15) is 11.1 Å². The van der Waals surface area contributed by atoms with Crippen molar-refractivity contribution in [2.75, 3.05) is 11.9 Å². The molecule has 4 nitrogen and oxygen atoms in total. The highest BCUT2D eigenvalue weighted by atomic mass is 16.5. The Balaban J connectivity index is 1.78. The van der Waals surface area contributed by atoms with E-state index in [0.717, 1.165) is 34.8 Å². The first-order valence-corrected chi connectivity index (χ1v) is 7.21. The number of fused-ring (bicyclic) bond motifs is 2. The first-order chi connectivity index (χ1) is 10.8. The van der Waals surface area contributed by atoms with E-state index in [-0.39, 0.29) is 0 Å². The van der Waals surface area contributed by atoms with Crippen LogP contribution in [0.15, 0.2) is 60.9 Å². The Bertz CT molecular complexity index is 818. The highest BCUT2D eigenvalue weighted by Crippen LogP contribution is 2.39. The first kappa shape index (κ1) is 12.8. The number of aromatic nitrogens is 2. The summed E-state index contributed by atoms with van der Waals surface area (Å²) in [5, 5.41) is 0.